The third-order valence-electron chi connectivity index (χ3n) is 1.32. The zero-order valence-electron chi connectivity index (χ0n) is 7.16. The Morgan fingerprint density at radius 2 is 2.08 bits per heavy atom. The van der Waals surface area contributed by atoms with Gasteiger partial charge in [-0.2, -0.15) is 0 Å². The molecule has 12 heavy (non-hydrogen) atoms. The summed E-state index contributed by atoms with van der Waals surface area (Å²) in [6.45, 7) is 3.02. The summed E-state index contributed by atoms with van der Waals surface area (Å²) < 4.78 is 4.52. The first kappa shape index (κ1) is 10.9. The van der Waals surface area contributed by atoms with Crippen LogP contribution in [0, 0.1) is 0 Å². The average Bonchev–Trinajstić information content (AvgIpc) is 1.85. The highest BCUT2D eigenvalue weighted by molar-refractivity contribution is 5.87. The Hall–Kier alpha value is -1.10. The normalized spacial score (nSPS) is 14.9. The van der Waals surface area contributed by atoms with E-state index in [1.807, 2.05) is 0 Å². The second-order valence-electron chi connectivity index (χ2n) is 2.62. The second-order valence-corrected chi connectivity index (χ2v) is 2.62. The number of esters is 1. The number of nitrogens with two attached hydrogens (primary N) is 1. The van der Waals surface area contributed by atoms with Crippen LogP contribution in [0.25, 0.3) is 0 Å². The highest BCUT2D eigenvalue weighted by Gasteiger charge is 2.31. The molecular formula is C7H13NO4. The fourth-order valence-electron chi connectivity index (χ4n) is 0.580. The Kier molecular flexibility index (Phi) is 3.69. The largest absolute Gasteiger partial charge is 0.466 e. The van der Waals surface area contributed by atoms with Gasteiger partial charge in [-0.1, -0.05) is 0 Å². The third kappa shape index (κ3) is 3.34. The quantitative estimate of drug-likeness (QED) is 0.546. The van der Waals surface area contributed by atoms with Crippen LogP contribution in [0.4, 0.5) is 0 Å². The minimum Gasteiger partial charge on any atom is -0.466 e. The van der Waals surface area contributed by atoms with Crippen molar-refractivity contribution < 1.29 is 19.4 Å². The molecule has 1 atom stereocenters. The summed E-state index contributed by atoms with van der Waals surface area (Å²) in [5.41, 5.74) is 3.00. The number of aliphatic hydroxyl groups is 1. The lowest BCUT2D eigenvalue weighted by Crippen LogP contribution is -2.42. The van der Waals surface area contributed by atoms with Crippen LogP contribution in [0.3, 0.4) is 0 Å². The van der Waals surface area contributed by atoms with Crippen LogP contribution < -0.4 is 5.73 Å². The molecule has 0 aliphatic heterocycles. The molecule has 0 fully saturated rings. The molecule has 0 rings (SSSR count). The van der Waals surface area contributed by atoms with Crippen molar-refractivity contribution >= 4 is 11.9 Å². The Labute approximate surface area is 70.5 Å². The standard InChI is InChI=1S/C7H13NO4/c1-3-12-5(9)4-7(2,11)6(8)10/h11H,3-4H2,1-2H3,(H2,8,10). The second kappa shape index (κ2) is 4.06. The average molecular weight is 175 g/mol. The molecular weight excluding hydrogens is 162 g/mol. The van der Waals surface area contributed by atoms with Crippen LogP contribution in [0.15, 0.2) is 0 Å². The maximum atomic E-state index is 10.8. The SMILES string of the molecule is CCOC(=O)CC(C)(O)C(N)=O. The lowest BCUT2D eigenvalue weighted by atomic mass is 10.0. The maximum Gasteiger partial charge on any atom is 0.309 e. The zero-order chi connectivity index (χ0) is 9.78. The van der Waals surface area contributed by atoms with E-state index in [9.17, 15) is 14.7 Å². The van der Waals surface area contributed by atoms with Crippen LogP contribution in [0.5, 0.6) is 0 Å². The van der Waals surface area contributed by atoms with Gasteiger partial charge in [-0.3, -0.25) is 9.59 Å². The van der Waals surface area contributed by atoms with Gasteiger partial charge in [-0.25, -0.2) is 0 Å². The molecule has 5 heteroatoms. The summed E-state index contributed by atoms with van der Waals surface area (Å²) >= 11 is 0. The molecule has 1 unspecified atom stereocenters. The molecule has 70 valence electrons. The summed E-state index contributed by atoms with van der Waals surface area (Å²) in [7, 11) is 0. The molecule has 0 saturated heterocycles. The summed E-state index contributed by atoms with van der Waals surface area (Å²) in [5.74, 6) is -1.57. The summed E-state index contributed by atoms with van der Waals surface area (Å²) in [6, 6.07) is 0. The van der Waals surface area contributed by atoms with E-state index in [0.29, 0.717) is 0 Å². The minimum atomic E-state index is -1.81. The number of hydrogen-bond donors (Lipinski definition) is 2. The third-order valence-corrected chi connectivity index (χ3v) is 1.32. The molecule has 0 heterocycles. The molecule has 1 amide bonds. The smallest absolute Gasteiger partial charge is 0.309 e. The first-order chi connectivity index (χ1) is 5.40. The fraction of sp³-hybridized carbons (Fsp3) is 0.714. The van der Waals surface area contributed by atoms with E-state index < -0.39 is 23.9 Å². The molecule has 0 aromatic rings. The molecule has 3 N–H and O–H groups in total. The van der Waals surface area contributed by atoms with Crippen molar-refractivity contribution in [3.8, 4) is 0 Å². The number of primary amides is 1. The van der Waals surface area contributed by atoms with Crippen molar-refractivity contribution in [1.29, 1.82) is 0 Å². The minimum absolute atomic E-state index is 0.216. The molecule has 0 aliphatic rings. The Bertz CT molecular complexity index is 188. The number of ether oxygens (including phenoxy) is 1. The highest BCUT2D eigenvalue weighted by Crippen LogP contribution is 2.08. The number of carbonyl (C=O) groups is 2. The van der Waals surface area contributed by atoms with Gasteiger partial charge in [-0.15, -0.1) is 0 Å². The van der Waals surface area contributed by atoms with Gasteiger partial charge in [0.2, 0.25) is 5.91 Å². The van der Waals surface area contributed by atoms with Gasteiger partial charge >= 0.3 is 5.97 Å². The van der Waals surface area contributed by atoms with Gasteiger partial charge in [0, 0.05) is 0 Å². The molecule has 0 aliphatic carbocycles. The van der Waals surface area contributed by atoms with Crippen molar-refractivity contribution in [1.82, 2.24) is 0 Å². The van der Waals surface area contributed by atoms with Crippen molar-refractivity contribution in [3.63, 3.8) is 0 Å². The van der Waals surface area contributed by atoms with E-state index in [0.717, 1.165) is 0 Å². The van der Waals surface area contributed by atoms with Crippen LogP contribution in [-0.2, 0) is 14.3 Å². The summed E-state index contributed by atoms with van der Waals surface area (Å²) in [5, 5.41) is 9.21. The van der Waals surface area contributed by atoms with E-state index in [2.05, 4.69) is 4.74 Å². The van der Waals surface area contributed by atoms with Crippen molar-refractivity contribution in [2.24, 2.45) is 5.73 Å². The number of rotatable bonds is 4. The first-order valence-electron chi connectivity index (χ1n) is 3.58. The van der Waals surface area contributed by atoms with Crippen molar-refractivity contribution in [3.05, 3.63) is 0 Å². The van der Waals surface area contributed by atoms with Crippen LogP contribution in [-0.4, -0.2) is 29.2 Å². The van der Waals surface area contributed by atoms with Gasteiger partial charge in [0.05, 0.1) is 13.0 Å². The topological polar surface area (TPSA) is 89.6 Å². The summed E-state index contributed by atoms with van der Waals surface area (Å²) in [6.07, 6.45) is -0.407. The van der Waals surface area contributed by atoms with Gasteiger partial charge in [-0.05, 0) is 13.8 Å². The lowest BCUT2D eigenvalue weighted by Gasteiger charge is -2.17. The summed E-state index contributed by atoms with van der Waals surface area (Å²) in [4.78, 5) is 21.3. The lowest BCUT2D eigenvalue weighted by molar-refractivity contribution is -0.153. The molecule has 0 saturated carbocycles. The number of carbonyl (C=O) groups excluding carboxylic acids is 2. The Morgan fingerprint density at radius 1 is 1.58 bits per heavy atom. The van der Waals surface area contributed by atoms with Crippen molar-refractivity contribution in [2.75, 3.05) is 6.61 Å². The van der Waals surface area contributed by atoms with Gasteiger partial charge in [0.15, 0.2) is 5.60 Å². The van der Waals surface area contributed by atoms with Crippen LogP contribution in [0.1, 0.15) is 20.3 Å². The number of hydrogen-bond acceptors (Lipinski definition) is 4. The van der Waals surface area contributed by atoms with Gasteiger partial charge < -0.3 is 15.6 Å². The first-order valence-corrected chi connectivity index (χ1v) is 3.58. The number of amides is 1. The molecule has 0 aromatic heterocycles. The monoisotopic (exact) mass is 175 g/mol. The van der Waals surface area contributed by atoms with E-state index in [4.69, 9.17) is 5.73 Å². The molecule has 0 bridgehead atoms. The highest BCUT2D eigenvalue weighted by atomic mass is 16.5. The fourth-order valence-corrected chi connectivity index (χ4v) is 0.580. The zero-order valence-corrected chi connectivity index (χ0v) is 7.16. The van der Waals surface area contributed by atoms with E-state index in [-0.39, 0.29) is 6.61 Å². The predicted octanol–water partition coefficient (Wildman–Crippen LogP) is -0.824. The molecule has 5 nitrogen and oxygen atoms in total. The Balaban J connectivity index is 4.06. The maximum absolute atomic E-state index is 10.8. The van der Waals surface area contributed by atoms with Gasteiger partial charge in [0.25, 0.3) is 0 Å². The van der Waals surface area contributed by atoms with Gasteiger partial charge in [0.1, 0.15) is 0 Å². The Morgan fingerprint density at radius 3 is 2.42 bits per heavy atom. The van der Waals surface area contributed by atoms with E-state index in [1.54, 1.807) is 6.92 Å². The predicted molar refractivity (Wildman–Crippen MR) is 41.1 cm³/mol. The van der Waals surface area contributed by atoms with Crippen LogP contribution in [0.2, 0.25) is 0 Å². The van der Waals surface area contributed by atoms with E-state index >= 15 is 0 Å². The molecule has 0 aromatic carbocycles. The van der Waals surface area contributed by atoms with E-state index in [1.165, 1.54) is 6.92 Å². The molecule has 0 radical (unpaired) electrons. The van der Waals surface area contributed by atoms with Crippen LogP contribution >= 0.6 is 0 Å². The molecule has 0 spiro atoms. The van der Waals surface area contributed by atoms with Crippen molar-refractivity contribution in [2.45, 2.75) is 25.9 Å².